The number of carboxylic acids is 1. The molecule has 0 aliphatic rings. The molecule has 0 saturated heterocycles. The number of nitrogens with zero attached hydrogens (tertiary/aromatic N) is 1. The molecule has 0 radical (unpaired) electrons. The fourth-order valence-electron chi connectivity index (χ4n) is 1.66. The molecule has 1 aromatic heterocycles. The van der Waals surface area contributed by atoms with Gasteiger partial charge in [0.25, 0.3) is 0 Å². The molecule has 2 N–H and O–H groups in total. The number of ether oxygens (including phenoxy) is 1. The van der Waals surface area contributed by atoms with Crippen LogP contribution >= 0.6 is 11.3 Å². The Morgan fingerprint density at radius 3 is 2.74 bits per heavy atom. The summed E-state index contributed by atoms with van der Waals surface area (Å²) in [7, 11) is 0. The highest BCUT2D eigenvalue weighted by molar-refractivity contribution is 7.14. The molecule has 2 rings (SSSR count). The fraction of sp³-hybridized carbons (Fsp3) is 0.188. The highest BCUT2D eigenvalue weighted by Crippen LogP contribution is 2.26. The molecule has 23 heavy (non-hydrogen) atoms. The first-order valence-corrected chi connectivity index (χ1v) is 7.71. The molecule has 1 heterocycles. The van der Waals surface area contributed by atoms with Crippen LogP contribution in [0.5, 0.6) is 5.75 Å². The van der Waals surface area contributed by atoms with Crippen molar-refractivity contribution in [3.8, 4) is 17.0 Å². The maximum atomic E-state index is 11.8. The van der Waals surface area contributed by atoms with Gasteiger partial charge >= 0.3 is 5.97 Å². The van der Waals surface area contributed by atoms with Gasteiger partial charge in [-0.3, -0.25) is 4.79 Å². The Balaban J connectivity index is 2.04. The number of hydrogen-bond donors (Lipinski definition) is 2. The normalized spacial score (nSPS) is 11.5. The van der Waals surface area contributed by atoms with Gasteiger partial charge in [0.2, 0.25) is 5.91 Å². The molecular weight excluding hydrogens is 316 g/mol. The molecule has 0 bridgehead atoms. The van der Waals surface area contributed by atoms with E-state index in [0.717, 1.165) is 11.3 Å². The Labute approximate surface area is 137 Å². The Morgan fingerprint density at radius 2 is 2.13 bits per heavy atom. The van der Waals surface area contributed by atoms with Crippen LogP contribution in [0.2, 0.25) is 0 Å². The number of aromatic nitrogens is 1. The van der Waals surface area contributed by atoms with E-state index in [-0.39, 0.29) is 18.4 Å². The van der Waals surface area contributed by atoms with Gasteiger partial charge in [-0.15, -0.1) is 17.9 Å². The van der Waals surface area contributed by atoms with Gasteiger partial charge in [0.15, 0.2) is 11.7 Å². The zero-order chi connectivity index (χ0) is 16.8. The Hall–Kier alpha value is -2.67. The zero-order valence-electron chi connectivity index (χ0n) is 12.5. The summed E-state index contributed by atoms with van der Waals surface area (Å²) in [6.45, 7) is 4.96. The van der Waals surface area contributed by atoms with Gasteiger partial charge in [-0.1, -0.05) is 13.0 Å². The van der Waals surface area contributed by atoms with E-state index in [4.69, 9.17) is 9.84 Å². The second-order valence-corrected chi connectivity index (χ2v) is 5.62. The minimum Gasteiger partial charge on any atom is -0.482 e. The molecule has 0 spiro atoms. The van der Waals surface area contributed by atoms with Crippen molar-refractivity contribution < 1.29 is 19.4 Å². The molecule has 120 valence electrons. The summed E-state index contributed by atoms with van der Waals surface area (Å²) < 4.78 is 5.07. The second kappa shape index (κ2) is 7.55. The highest BCUT2D eigenvalue weighted by atomic mass is 32.1. The third-order valence-corrected chi connectivity index (χ3v) is 3.77. The van der Waals surface area contributed by atoms with Crippen LogP contribution in [0.4, 0.5) is 5.13 Å². The number of benzene rings is 1. The summed E-state index contributed by atoms with van der Waals surface area (Å²) in [6, 6.07) is 6.92. The number of anilines is 1. The average molecular weight is 332 g/mol. The first-order chi connectivity index (χ1) is 11.0. The number of aliphatic carboxylic acids is 1. The van der Waals surface area contributed by atoms with E-state index in [1.165, 1.54) is 11.3 Å². The van der Waals surface area contributed by atoms with Gasteiger partial charge in [-0.25, -0.2) is 9.78 Å². The summed E-state index contributed by atoms with van der Waals surface area (Å²) in [5.41, 5.74) is 1.57. The lowest BCUT2D eigenvalue weighted by atomic mass is 10.2. The predicted molar refractivity (Wildman–Crippen MR) is 88.7 cm³/mol. The maximum Gasteiger partial charge on any atom is 0.341 e. The van der Waals surface area contributed by atoms with Crippen LogP contribution in [-0.4, -0.2) is 28.6 Å². The van der Waals surface area contributed by atoms with Crippen molar-refractivity contribution in [3.05, 3.63) is 42.3 Å². The summed E-state index contributed by atoms with van der Waals surface area (Å²) in [6.07, 6.45) is 1.57. The zero-order valence-corrected chi connectivity index (χ0v) is 13.3. The topological polar surface area (TPSA) is 88.5 Å². The molecule has 1 aromatic carbocycles. The lowest BCUT2D eigenvalue weighted by Crippen LogP contribution is -2.18. The number of carboxylic acid groups (broad SMARTS) is 1. The van der Waals surface area contributed by atoms with Crippen LogP contribution in [0.1, 0.15) is 6.92 Å². The van der Waals surface area contributed by atoms with E-state index in [1.807, 2.05) is 5.38 Å². The monoisotopic (exact) mass is 332 g/mol. The van der Waals surface area contributed by atoms with Crippen molar-refractivity contribution >= 4 is 28.3 Å². The van der Waals surface area contributed by atoms with Crippen molar-refractivity contribution in [3.63, 3.8) is 0 Å². The molecule has 0 saturated carbocycles. The third-order valence-electron chi connectivity index (χ3n) is 3.01. The van der Waals surface area contributed by atoms with Crippen LogP contribution < -0.4 is 10.1 Å². The van der Waals surface area contributed by atoms with E-state index < -0.39 is 5.97 Å². The number of thiazole rings is 1. The van der Waals surface area contributed by atoms with Crippen molar-refractivity contribution in [2.75, 3.05) is 11.9 Å². The summed E-state index contributed by atoms with van der Waals surface area (Å²) in [5, 5.41) is 13.7. The molecule has 1 atom stereocenters. The van der Waals surface area contributed by atoms with Crippen molar-refractivity contribution in [2.24, 2.45) is 5.92 Å². The minimum absolute atomic E-state index is 0.154. The Morgan fingerprint density at radius 1 is 1.43 bits per heavy atom. The van der Waals surface area contributed by atoms with Gasteiger partial charge in [0, 0.05) is 10.9 Å². The van der Waals surface area contributed by atoms with Gasteiger partial charge in [-0.2, -0.15) is 0 Å². The van der Waals surface area contributed by atoms with Gasteiger partial charge in [0.05, 0.1) is 11.6 Å². The van der Waals surface area contributed by atoms with Crippen molar-refractivity contribution in [2.45, 2.75) is 6.92 Å². The lowest BCUT2D eigenvalue weighted by molar-refractivity contribution is -0.139. The number of carbonyl (C=O) groups is 2. The lowest BCUT2D eigenvalue weighted by Gasteiger charge is -2.05. The third kappa shape index (κ3) is 4.65. The average Bonchev–Trinajstić information content (AvgIpc) is 3.01. The molecule has 2 aromatic rings. The molecule has 0 unspecified atom stereocenters. The van der Waals surface area contributed by atoms with E-state index in [0.29, 0.717) is 10.9 Å². The van der Waals surface area contributed by atoms with Crippen LogP contribution in [0, 0.1) is 5.92 Å². The van der Waals surface area contributed by atoms with E-state index in [1.54, 1.807) is 37.3 Å². The standard InChI is InChI=1S/C16H16N2O4S/c1-3-10(2)15(21)18-16-17-13(9-23-16)11-4-6-12(7-5-11)22-8-14(19)20/h3-7,9-10H,1,8H2,2H3,(H,19,20)(H,17,18,21)/t10-/m0/s1. The molecule has 6 nitrogen and oxygen atoms in total. The van der Waals surface area contributed by atoms with Crippen molar-refractivity contribution in [1.29, 1.82) is 0 Å². The summed E-state index contributed by atoms with van der Waals surface area (Å²) >= 11 is 1.33. The Bertz CT molecular complexity index is 709. The minimum atomic E-state index is -1.03. The molecule has 0 aliphatic carbocycles. The smallest absolute Gasteiger partial charge is 0.341 e. The first kappa shape index (κ1) is 16.7. The van der Waals surface area contributed by atoms with Gasteiger partial charge in [0.1, 0.15) is 5.75 Å². The van der Waals surface area contributed by atoms with Gasteiger partial charge in [-0.05, 0) is 24.3 Å². The van der Waals surface area contributed by atoms with Crippen LogP contribution in [-0.2, 0) is 9.59 Å². The Kier molecular flexibility index (Phi) is 5.48. The molecule has 0 aliphatic heterocycles. The predicted octanol–water partition coefficient (Wildman–Crippen LogP) is 3.03. The van der Waals surface area contributed by atoms with Crippen LogP contribution in [0.15, 0.2) is 42.3 Å². The summed E-state index contributed by atoms with van der Waals surface area (Å²) in [5.74, 6) is -0.992. The molecular formula is C16H16N2O4S. The highest BCUT2D eigenvalue weighted by Gasteiger charge is 2.12. The quantitative estimate of drug-likeness (QED) is 0.761. The fourth-order valence-corrected chi connectivity index (χ4v) is 2.38. The van der Waals surface area contributed by atoms with Crippen LogP contribution in [0.3, 0.4) is 0 Å². The molecule has 0 fully saturated rings. The largest absolute Gasteiger partial charge is 0.482 e. The SMILES string of the molecule is C=C[C@H](C)C(=O)Nc1nc(-c2ccc(OCC(=O)O)cc2)cs1. The summed E-state index contributed by atoms with van der Waals surface area (Å²) in [4.78, 5) is 26.6. The number of rotatable bonds is 7. The van der Waals surface area contributed by atoms with E-state index >= 15 is 0 Å². The molecule has 7 heteroatoms. The van der Waals surface area contributed by atoms with Crippen molar-refractivity contribution in [1.82, 2.24) is 4.98 Å². The van der Waals surface area contributed by atoms with E-state index in [9.17, 15) is 9.59 Å². The van der Waals surface area contributed by atoms with Crippen LogP contribution in [0.25, 0.3) is 11.3 Å². The number of carbonyl (C=O) groups excluding carboxylic acids is 1. The second-order valence-electron chi connectivity index (χ2n) is 4.76. The van der Waals surface area contributed by atoms with E-state index in [2.05, 4.69) is 16.9 Å². The maximum absolute atomic E-state index is 11.8. The first-order valence-electron chi connectivity index (χ1n) is 6.83. The number of hydrogen-bond acceptors (Lipinski definition) is 5. The van der Waals surface area contributed by atoms with Gasteiger partial charge < -0.3 is 15.2 Å². The number of amides is 1. The number of nitrogens with one attached hydrogen (secondary N) is 1. The molecule has 1 amide bonds.